The van der Waals surface area contributed by atoms with E-state index in [4.69, 9.17) is 30.6 Å². The number of hydrogen-bond donors (Lipinski definition) is 7. The highest BCUT2D eigenvalue weighted by Gasteiger charge is 2.28. The minimum absolute atomic E-state index is 0.175. The molecule has 0 aliphatic rings. The van der Waals surface area contributed by atoms with Gasteiger partial charge in [-0.1, -0.05) is 0 Å². The van der Waals surface area contributed by atoms with Crippen LogP contribution in [0.25, 0.3) is 0 Å². The van der Waals surface area contributed by atoms with Crippen molar-refractivity contribution >= 4 is 17.7 Å². The minimum Gasteiger partial charge on any atom is -0.481 e. The second-order valence-electron chi connectivity index (χ2n) is 3.69. The maximum absolute atomic E-state index is 10.5. The molecule has 0 rings (SSSR count). The summed E-state index contributed by atoms with van der Waals surface area (Å²) in [7, 11) is 0. The SMILES string of the molecule is NOC(=O)CCC(=O)O.O=C(CO)[C@H](O)[C@@H](O)[C@H](O)CO. The van der Waals surface area contributed by atoms with Gasteiger partial charge in [0.15, 0.2) is 5.78 Å². The van der Waals surface area contributed by atoms with Crippen LogP contribution in [0.2, 0.25) is 0 Å². The van der Waals surface area contributed by atoms with Crippen LogP contribution in [0.1, 0.15) is 12.8 Å². The number of carbonyl (C=O) groups excluding carboxylic acids is 2. The number of rotatable bonds is 8. The number of hydrogen-bond acceptors (Lipinski definition) is 10. The zero-order valence-electron chi connectivity index (χ0n) is 11.0. The monoisotopic (exact) mass is 313 g/mol. The highest BCUT2D eigenvalue weighted by atomic mass is 16.7. The lowest BCUT2D eigenvalue weighted by molar-refractivity contribution is -0.148. The molecular formula is C10H19NO10. The van der Waals surface area contributed by atoms with Crippen molar-refractivity contribution < 1.29 is 49.9 Å². The number of carboxylic acid groups (broad SMARTS) is 1. The predicted molar refractivity (Wildman–Crippen MR) is 64.3 cm³/mol. The van der Waals surface area contributed by atoms with Crippen molar-refractivity contribution in [3.8, 4) is 0 Å². The van der Waals surface area contributed by atoms with E-state index in [1.807, 2.05) is 0 Å². The van der Waals surface area contributed by atoms with Gasteiger partial charge in [0, 0.05) is 0 Å². The Balaban J connectivity index is 0. The molecule has 0 aliphatic carbocycles. The van der Waals surface area contributed by atoms with Crippen LogP contribution in [0.4, 0.5) is 0 Å². The van der Waals surface area contributed by atoms with Gasteiger partial charge in [-0.3, -0.25) is 14.4 Å². The Labute approximate surface area is 119 Å². The van der Waals surface area contributed by atoms with Crippen molar-refractivity contribution in [1.29, 1.82) is 0 Å². The zero-order valence-corrected chi connectivity index (χ0v) is 11.0. The van der Waals surface area contributed by atoms with Gasteiger partial charge in [-0.2, -0.15) is 5.90 Å². The Morgan fingerprint density at radius 2 is 1.57 bits per heavy atom. The molecule has 0 aliphatic heterocycles. The lowest BCUT2D eigenvalue weighted by Gasteiger charge is -2.19. The fourth-order valence-electron chi connectivity index (χ4n) is 0.870. The molecule has 124 valence electrons. The summed E-state index contributed by atoms with van der Waals surface area (Å²) >= 11 is 0. The third-order valence-electron chi connectivity index (χ3n) is 2.06. The summed E-state index contributed by atoms with van der Waals surface area (Å²) in [5, 5.41) is 51.1. The van der Waals surface area contributed by atoms with Gasteiger partial charge < -0.3 is 35.5 Å². The Kier molecular flexibility index (Phi) is 12.5. The van der Waals surface area contributed by atoms with E-state index in [0.717, 1.165) is 0 Å². The van der Waals surface area contributed by atoms with E-state index in [2.05, 4.69) is 10.7 Å². The molecule has 0 aromatic carbocycles. The van der Waals surface area contributed by atoms with Crippen molar-refractivity contribution in [2.75, 3.05) is 13.2 Å². The first kappa shape index (κ1) is 21.7. The molecule has 21 heavy (non-hydrogen) atoms. The van der Waals surface area contributed by atoms with E-state index in [0.29, 0.717) is 0 Å². The molecule has 0 saturated carbocycles. The molecule has 0 unspecified atom stereocenters. The van der Waals surface area contributed by atoms with Crippen LogP contribution in [0, 0.1) is 0 Å². The first-order valence-corrected chi connectivity index (χ1v) is 5.61. The zero-order chi connectivity index (χ0) is 17.0. The topological polar surface area (TPSA) is 208 Å². The van der Waals surface area contributed by atoms with Gasteiger partial charge in [-0.05, 0) is 0 Å². The first-order chi connectivity index (χ1) is 9.70. The lowest BCUT2D eigenvalue weighted by atomic mass is 10.1. The van der Waals surface area contributed by atoms with Gasteiger partial charge in [0.2, 0.25) is 0 Å². The molecule has 8 N–H and O–H groups in total. The molecule has 11 heteroatoms. The van der Waals surface area contributed by atoms with Gasteiger partial charge in [-0.25, -0.2) is 0 Å². The molecule has 0 saturated heterocycles. The summed E-state index contributed by atoms with van der Waals surface area (Å²) in [4.78, 5) is 34.1. The second-order valence-corrected chi connectivity index (χ2v) is 3.69. The van der Waals surface area contributed by atoms with Crippen molar-refractivity contribution in [2.24, 2.45) is 5.90 Å². The van der Waals surface area contributed by atoms with Crippen LogP contribution >= 0.6 is 0 Å². The van der Waals surface area contributed by atoms with E-state index in [1.165, 1.54) is 0 Å². The molecule has 0 radical (unpaired) electrons. The van der Waals surface area contributed by atoms with Crippen molar-refractivity contribution in [3.63, 3.8) is 0 Å². The highest BCUT2D eigenvalue weighted by Crippen LogP contribution is 2.00. The van der Waals surface area contributed by atoms with Crippen LogP contribution in [-0.4, -0.2) is 79.9 Å². The summed E-state index contributed by atoms with van der Waals surface area (Å²) in [6.07, 6.45) is -5.63. The molecule has 3 atom stereocenters. The molecule has 0 aromatic heterocycles. The summed E-state index contributed by atoms with van der Waals surface area (Å²) in [5.74, 6) is 1.66. The molecule has 0 aromatic rings. The number of Topliss-reactive ketones (excluding diaryl/α,β-unsaturated/α-hetero) is 1. The Bertz CT molecular complexity index is 334. The standard InChI is InChI=1S/C6H12O6.C4H7NO4/c7-1-3(9)5(11)6(12)4(10)2-8;5-9-4(8)2-1-3(6)7/h3,5-9,11-12H,1-2H2;1-2,5H2,(H,6,7)/t3-,5+,6+;/m1./s1. The van der Waals surface area contributed by atoms with E-state index in [9.17, 15) is 14.4 Å². The largest absolute Gasteiger partial charge is 0.481 e. The maximum atomic E-state index is 10.5. The van der Waals surface area contributed by atoms with E-state index >= 15 is 0 Å². The van der Waals surface area contributed by atoms with Crippen molar-refractivity contribution in [1.82, 2.24) is 0 Å². The van der Waals surface area contributed by atoms with Crippen LogP contribution in [0.5, 0.6) is 0 Å². The van der Waals surface area contributed by atoms with Crippen molar-refractivity contribution in [3.05, 3.63) is 0 Å². The van der Waals surface area contributed by atoms with Crippen molar-refractivity contribution in [2.45, 2.75) is 31.2 Å². The summed E-state index contributed by atoms with van der Waals surface area (Å²) in [5.41, 5.74) is 0. The molecular weight excluding hydrogens is 294 g/mol. The number of aliphatic hydroxyl groups is 5. The number of aliphatic hydroxyl groups excluding tert-OH is 5. The Hall–Kier alpha value is -1.63. The normalized spacial score (nSPS) is 14.2. The van der Waals surface area contributed by atoms with E-state index in [1.54, 1.807) is 0 Å². The number of ketones is 1. The highest BCUT2D eigenvalue weighted by molar-refractivity contribution is 5.84. The van der Waals surface area contributed by atoms with Gasteiger partial charge in [-0.15, -0.1) is 0 Å². The third-order valence-corrected chi connectivity index (χ3v) is 2.06. The average molecular weight is 313 g/mol. The summed E-state index contributed by atoms with van der Waals surface area (Å²) < 4.78 is 0. The Morgan fingerprint density at radius 1 is 1.05 bits per heavy atom. The molecule has 11 nitrogen and oxygen atoms in total. The molecule has 0 fully saturated rings. The maximum Gasteiger partial charge on any atom is 0.325 e. The van der Waals surface area contributed by atoms with Gasteiger partial charge in [0.25, 0.3) is 0 Å². The third kappa shape index (κ3) is 10.8. The molecule has 0 heterocycles. The summed E-state index contributed by atoms with van der Waals surface area (Å²) in [6.45, 7) is -1.69. The minimum atomic E-state index is -1.86. The Morgan fingerprint density at radius 3 is 1.90 bits per heavy atom. The predicted octanol–water partition coefficient (Wildman–Crippen LogP) is -4.11. The summed E-state index contributed by atoms with van der Waals surface area (Å²) in [6, 6.07) is 0. The molecule has 0 bridgehead atoms. The smallest absolute Gasteiger partial charge is 0.325 e. The lowest BCUT2D eigenvalue weighted by Crippen LogP contribution is -2.44. The van der Waals surface area contributed by atoms with Gasteiger partial charge >= 0.3 is 11.9 Å². The molecule has 0 spiro atoms. The number of carboxylic acids is 1. The second kappa shape index (κ2) is 12.1. The van der Waals surface area contributed by atoms with Crippen LogP contribution < -0.4 is 5.90 Å². The van der Waals surface area contributed by atoms with Crippen LogP contribution in [0.15, 0.2) is 0 Å². The molecule has 0 amide bonds. The average Bonchev–Trinajstić information content (AvgIpc) is 2.49. The quantitative estimate of drug-likeness (QED) is 0.214. The number of aliphatic carboxylic acids is 1. The van der Waals surface area contributed by atoms with Crippen LogP contribution in [-0.2, 0) is 19.2 Å². The fourth-order valence-corrected chi connectivity index (χ4v) is 0.870. The van der Waals surface area contributed by atoms with Gasteiger partial charge in [0.1, 0.15) is 24.9 Å². The van der Waals surface area contributed by atoms with Gasteiger partial charge in [0.05, 0.1) is 19.4 Å². The number of carbonyl (C=O) groups is 3. The van der Waals surface area contributed by atoms with Crippen LogP contribution in [0.3, 0.4) is 0 Å². The first-order valence-electron chi connectivity index (χ1n) is 5.61. The van der Waals surface area contributed by atoms with E-state index < -0.39 is 49.2 Å². The number of nitrogens with two attached hydrogens (primary N) is 1. The fraction of sp³-hybridized carbons (Fsp3) is 0.700. The van der Waals surface area contributed by atoms with E-state index in [-0.39, 0.29) is 12.8 Å².